The quantitative estimate of drug-likeness (QED) is 0.765. The summed E-state index contributed by atoms with van der Waals surface area (Å²) in [5.41, 5.74) is 0. The monoisotopic (exact) mass is 237 g/mol. The van der Waals surface area contributed by atoms with Crippen LogP contribution < -0.4 is 10.6 Å². The maximum atomic E-state index is 5.21. The second-order valence-electron chi connectivity index (χ2n) is 4.39. The fraction of sp³-hybridized carbons (Fsp3) is 0.615. The van der Waals surface area contributed by atoms with Crippen LogP contribution in [0.25, 0.3) is 0 Å². The van der Waals surface area contributed by atoms with E-state index in [0.29, 0.717) is 12.5 Å². The lowest BCUT2D eigenvalue weighted by atomic mass is 10.1. The zero-order valence-electron chi connectivity index (χ0n) is 11.2. The minimum Gasteiger partial charge on any atom is -0.383 e. The molecular formula is C13H23N3O. The Labute approximate surface area is 104 Å². The van der Waals surface area contributed by atoms with Gasteiger partial charge < -0.3 is 15.4 Å². The van der Waals surface area contributed by atoms with Crippen LogP contribution in [-0.4, -0.2) is 31.3 Å². The van der Waals surface area contributed by atoms with Gasteiger partial charge in [0.15, 0.2) is 0 Å². The van der Waals surface area contributed by atoms with Crippen molar-refractivity contribution in [2.45, 2.75) is 26.8 Å². The predicted octanol–water partition coefficient (Wildman–Crippen LogP) is 2.60. The molecule has 1 unspecified atom stereocenters. The smallest absolute Gasteiger partial charge is 0.128 e. The number of hydrogen-bond acceptors (Lipinski definition) is 4. The molecule has 0 radical (unpaired) electrons. The second-order valence-corrected chi connectivity index (χ2v) is 4.39. The topological polar surface area (TPSA) is 46.2 Å². The van der Waals surface area contributed by atoms with Crippen LogP contribution in [0.15, 0.2) is 18.2 Å². The first-order valence-electron chi connectivity index (χ1n) is 6.13. The first-order chi connectivity index (χ1) is 8.17. The van der Waals surface area contributed by atoms with Crippen molar-refractivity contribution in [3.63, 3.8) is 0 Å². The summed E-state index contributed by atoms with van der Waals surface area (Å²) < 4.78 is 5.21. The Morgan fingerprint density at radius 1 is 1.29 bits per heavy atom. The Kier molecular flexibility index (Phi) is 5.77. The number of aromatic nitrogens is 1. The molecule has 2 N–H and O–H groups in total. The van der Waals surface area contributed by atoms with E-state index in [1.807, 2.05) is 18.2 Å². The molecule has 1 heterocycles. The minimum absolute atomic E-state index is 0.282. The number of hydrogen-bond donors (Lipinski definition) is 2. The third-order valence-electron chi connectivity index (χ3n) is 2.59. The Morgan fingerprint density at radius 2 is 2.00 bits per heavy atom. The van der Waals surface area contributed by atoms with Crippen LogP contribution in [0.4, 0.5) is 11.6 Å². The van der Waals surface area contributed by atoms with Gasteiger partial charge in [0.2, 0.25) is 0 Å². The molecule has 1 aromatic rings. The molecular weight excluding hydrogens is 214 g/mol. The number of nitrogens with one attached hydrogen (secondary N) is 2. The van der Waals surface area contributed by atoms with Crippen LogP contribution in [-0.2, 0) is 4.74 Å². The van der Waals surface area contributed by atoms with Gasteiger partial charge in [-0.25, -0.2) is 4.98 Å². The lowest BCUT2D eigenvalue weighted by Crippen LogP contribution is -2.30. The van der Waals surface area contributed by atoms with Crippen molar-refractivity contribution in [1.29, 1.82) is 0 Å². The Balaban J connectivity index is 2.68. The highest BCUT2D eigenvalue weighted by Gasteiger charge is 2.13. The van der Waals surface area contributed by atoms with Gasteiger partial charge in [-0.05, 0) is 25.0 Å². The van der Waals surface area contributed by atoms with Crippen LogP contribution >= 0.6 is 0 Å². The Hall–Kier alpha value is -1.29. The molecule has 0 saturated heterocycles. The first-order valence-corrected chi connectivity index (χ1v) is 6.13. The number of pyridine rings is 1. The molecule has 1 aromatic heterocycles. The van der Waals surface area contributed by atoms with Gasteiger partial charge in [-0.3, -0.25) is 0 Å². The molecule has 4 nitrogen and oxygen atoms in total. The van der Waals surface area contributed by atoms with Crippen LogP contribution in [0.1, 0.15) is 20.8 Å². The van der Waals surface area contributed by atoms with Gasteiger partial charge in [-0.15, -0.1) is 0 Å². The number of methoxy groups -OCH3 is 1. The highest BCUT2D eigenvalue weighted by atomic mass is 16.5. The molecule has 4 heteroatoms. The van der Waals surface area contributed by atoms with Gasteiger partial charge in [0.25, 0.3) is 0 Å². The molecule has 0 aliphatic heterocycles. The fourth-order valence-electron chi connectivity index (χ4n) is 1.56. The Bertz CT molecular complexity index is 328. The second kappa shape index (κ2) is 7.12. The lowest BCUT2D eigenvalue weighted by molar-refractivity contribution is 0.171. The molecule has 1 rings (SSSR count). The predicted molar refractivity (Wildman–Crippen MR) is 72.5 cm³/mol. The normalized spacial score (nSPS) is 12.5. The van der Waals surface area contributed by atoms with Gasteiger partial charge in [0.1, 0.15) is 11.6 Å². The van der Waals surface area contributed by atoms with E-state index in [1.165, 1.54) is 0 Å². The van der Waals surface area contributed by atoms with Crippen molar-refractivity contribution in [3.8, 4) is 0 Å². The van der Waals surface area contributed by atoms with E-state index in [0.717, 1.165) is 18.2 Å². The molecule has 0 spiro atoms. The van der Waals surface area contributed by atoms with Crippen molar-refractivity contribution in [1.82, 2.24) is 4.98 Å². The van der Waals surface area contributed by atoms with Gasteiger partial charge in [0.05, 0.1) is 12.6 Å². The standard InChI is InChI=1S/C13H23N3O/c1-5-14-12-7-6-8-13(16-12)15-11(9-17-4)10(2)3/h6-8,10-11H,5,9H2,1-4H3,(H2,14,15,16). The third kappa shape index (κ3) is 4.61. The maximum Gasteiger partial charge on any atom is 0.128 e. The summed E-state index contributed by atoms with van der Waals surface area (Å²) in [7, 11) is 1.72. The molecule has 0 aromatic carbocycles. The molecule has 0 saturated carbocycles. The summed E-state index contributed by atoms with van der Waals surface area (Å²) >= 11 is 0. The van der Waals surface area contributed by atoms with E-state index in [-0.39, 0.29) is 6.04 Å². The van der Waals surface area contributed by atoms with E-state index >= 15 is 0 Å². The molecule has 0 bridgehead atoms. The number of ether oxygens (including phenoxy) is 1. The van der Waals surface area contributed by atoms with Gasteiger partial charge in [0, 0.05) is 13.7 Å². The average molecular weight is 237 g/mol. The van der Waals surface area contributed by atoms with Gasteiger partial charge in [-0.1, -0.05) is 19.9 Å². The summed E-state index contributed by atoms with van der Waals surface area (Å²) in [5.74, 6) is 2.29. The zero-order chi connectivity index (χ0) is 12.7. The molecule has 0 aliphatic carbocycles. The summed E-state index contributed by atoms with van der Waals surface area (Å²) in [6.07, 6.45) is 0. The zero-order valence-corrected chi connectivity index (χ0v) is 11.2. The molecule has 0 fully saturated rings. The summed E-state index contributed by atoms with van der Waals surface area (Å²) in [6.45, 7) is 7.96. The molecule has 96 valence electrons. The number of anilines is 2. The van der Waals surface area contributed by atoms with E-state index in [9.17, 15) is 0 Å². The van der Waals surface area contributed by atoms with Crippen molar-refractivity contribution in [2.24, 2.45) is 5.92 Å². The van der Waals surface area contributed by atoms with Crippen LogP contribution in [0.5, 0.6) is 0 Å². The lowest BCUT2D eigenvalue weighted by Gasteiger charge is -2.22. The molecule has 1 atom stereocenters. The van der Waals surface area contributed by atoms with Crippen molar-refractivity contribution < 1.29 is 4.74 Å². The van der Waals surface area contributed by atoms with Gasteiger partial charge >= 0.3 is 0 Å². The highest BCUT2D eigenvalue weighted by molar-refractivity contribution is 5.45. The van der Waals surface area contributed by atoms with Crippen molar-refractivity contribution in [2.75, 3.05) is 30.9 Å². The third-order valence-corrected chi connectivity index (χ3v) is 2.59. The molecule has 17 heavy (non-hydrogen) atoms. The van der Waals surface area contributed by atoms with Crippen LogP contribution in [0.2, 0.25) is 0 Å². The van der Waals surface area contributed by atoms with E-state index < -0.39 is 0 Å². The summed E-state index contributed by atoms with van der Waals surface area (Å²) in [4.78, 5) is 4.49. The largest absolute Gasteiger partial charge is 0.383 e. The van der Waals surface area contributed by atoms with E-state index in [2.05, 4.69) is 36.4 Å². The van der Waals surface area contributed by atoms with Crippen molar-refractivity contribution >= 4 is 11.6 Å². The highest BCUT2D eigenvalue weighted by Crippen LogP contribution is 2.13. The number of rotatable bonds is 7. The molecule has 0 aliphatic rings. The molecule has 0 amide bonds. The minimum atomic E-state index is 0.282. The first kappa shape index (κ1) is 13.8. The SMILES string of the molecule is CCNc1cccc(NC(COC)C(C)C)n1. The van der Waals surface area contributed by atoms with Crippen LogP contribution in [0, 0.1) is 5.92 Å². The van der Waals surface area contributed by atoms with Crippen LogP contribution in [0.3, 0.4) is 0 Å². The summed E-state index contributed by atoms with van der Waals surface area (Å²) in [5, 5.41) is 6.60. The summed E-state index contributed by atoms with van der Waals surface area (Å²) in [6, 6.07) is 6.23. The van der Waals surface area contributed by atoms with E-state index in [4.69, 9.17) is 4.74 Å². The average Bonchev–Trinajstić information content (AvgIpc) is 2.29. The maximum absolute atomic E-state index is 5.21. The van der Waals surface area contributed by atoms with Crippen molar-refractivity contribution in [3.05, 3.63) is 18.2 Å². The van der Waals surface area contributed by atoms with E-state index in [1.54, 1.807) is 7.11 Å². The van der Waals surface area contributed by atoms with Gasteiger partial charge in [-0.2, -0.15) is 0 Å². The Morgan fingerprint density at radius 3 is 2.59 bits per heavy atom. The fourth-order valence-corrected chi connectivity index (χ4v) is 1.56. The number of nitrogens with zero attached hydrogens (tertiary/aromatic N) is 1.